The zero-order chi connectivity index (χ0) is 23.4. The highest BCUT2D eigenvalue weighted by molar-refractivity contribution is 6.30. The van der Waals surface area contributed by atoms with E-state index in [1.165, 1.54) is 22.0 Å². The lowest BCUT2D eigenvalue weighted by Gasteiger charge is -2.23. The van der Waals surface area contributed by atoms with Gasteiger partial charge in [0.2, 0.25) is 5.91 Å². The topological polar surface area (TPSA) is 76.3 Å². The molecule has 0 aliphatic carbocycles. The summed E-state index contributed by atoms with van der Waals surface area (Å²) >= 11 is 5.96. The molecule has 1 aliphatic rings. The molecular formula is C25H29ClN4O3. The molecule has 1 amide bonds. The van der Waals surface area contributed by atoms with Crippen LogP contribution in [0.1, 0.15) is 31.7 Å². The van der Waals surface area contributed by atoms with Crippen LogP contribution < -0.4 is 16.4 Å². The first-order valence-electron chi connectivity index (χ1n) is 11.4. The summed E-state index contributed by atoms with van der Waals surface area (Å²) in [6.07, 6.45) is 3.32. The molecule has 1 atom stereocenters. The number of nitrogens with one attached hydrogen (secondary N) is 1. The average Bonchev–Trinajstić information content (AvgIpc) is 3.36. The van der Waals surface area contributed by atoms with Crippen LogP contribution in [-0.2, 0) is 17.9 Å². The Labute approximate surface area is 197 Å². The van der Waals surface area contributed by atoms with Crippen LogP contribution in [0.15, 0.2) is 58.1 Å². The van der Waals surface area contributed by atoms with E-state index in [1.807, 2.05) is 18.2 Å². The highest BCUT2D eigenvalue weighted by atomic mass is 35.5. The molecule has 8 heteroatoms. The van der Waals surface area contributed by atoms with E-state index in [0.717, 1.165) is 25.1 Å². The lowest BCUT2D eigenvalue weighted by atomic mass is 10.2. The summed E-state index contributed by atoms with van der Waals surface area (Å²) in [6.45, 7) is 5.00. The summed E-state index contributed by atoms with van der Waals surface area (Å²) < 4.78 is 2.72. The Morgan fingerprint density at radius 2 is 1.58 bits per heavy atom. The summed E-state index contributed by atoms with van der Waals surface area (Å²) in [4.78, 5) is 41.0. The number of likely N-dealkylation sites (tertiary alicyclic amines) is 1. The van der Waals surface area contributed by atoms with Crippen molar-refractivity contribution in [2.75, 3.05) is 19.6 Å². The van der Waals surface area contributed by atoms with Crippen molar-refractivity contribution in [3.63, 3.8) is 0 Å². The van der Waals surface area contributed by atoms with Crippen molar-refractivity contribution in [3.8, 4) is 0 Å². The normalized spacial score (nSPS) is 15.1. The third kappa shape index (κ3) is 5.37. The molecule has 0 bridgehead atoms. The van der Waals surface area contributed by atoms with Gasteiger partial charge in [-0.2, -0.15) is 0 Å². The van der Waals surface area contributed by atoms with Gasteiger partial charge >= 0.3 is 11.1 Å². The fourth-order valence-corrected chi connectivity index (χ4v) is 4.57. The van der Waals surface area contributed by atoms with Crippen molar-refractivity contribution < 1.29 is 4.79 Å². The van der Waals surface area contributed by atoms with Gasteiger partial charge in [0.05, 0.1) is 17.6 Å². The van der Waals surface area contributed by atoms with Crippen LogP contribution in [0.4, 0.5) is 0 Å². The van der Waals surface area contributed by atoms with Crippen molar-refractivity contribution in [1.29, 1.82) is 0 Å². The van der Waals surface area contributed by atoms with Crippen LogP contribution in [0, 0.1) is 0 Å². The van der Waals surface area contributed by atoms with Crippen LogP contribution in [0.2, 0.25) is 5.02 Å². The fraction of sp³-hybridized carbons (Fsp3) is 0.400. The molecule has 0 spiro atoms. The van der Waals surface area contributed by atoms with E-state index in [9.17, 15) is 14.4 Å². The van der Waals surface area contributed by atoms with Crippen molar-refractivity contribution in [2.24, 2.45) is 0 Å². The molecule has 2 aromatic carbocycles. The average molecular weight is 469 g/mol. The Balaban J connectivity index is 1.52. The number of para-hydroxylation sites is 2. The Morgan fingerprint density at radius 1 is 0.970 bits per heavy atom. The molecule has 0 unspecified atom stereocenters. The standard InChI is InChI=1S/C25H29ClN4O3/c1-18(28-14-4-5-15-28)12-13-27-23(31)17-30-22-7-3-2-6-21(22)29(24(32)25(30)33)16-19-8-10-20(26)11-9-19/h2-3,6-11,18H,4-5,12-17H2,1H3,(H,27,31)/t18-/m0/s1. The molecule has 0 radical (unpaired) electrons. The number of amides is 1. The van der Waals surface area contributed by atoms with Gasteiger partial charge in [-0.1, -0.05) is 35.9 Å². The molecule has 2 heterocycles. The van der Waals surface area contributed by atoms with Crippen LogP contribution in [0.25, 0.3) is 11.0 Å². The summed E-state index contributed by atoms with van der Waals surface area (Å²) in [6, 6.07) is 14.7. The minimum atomic E-state index is -0.705. The lowest BCUT2D eigenvalue weighted by Crippen LogP contribution is -2.44. The van der Waals surface area contributed by atoms with Crippen molar-refractivity contribution in [2.45, 2.75) is 45.3 Å². The summed E-state index contributed by atoms with van der Waals surface area (Å²) in [5, 5.41) is 3.51. The zero-order valence-corrected chi connectivity index (χ0v) is 19.6. The van der Waals surface area contributed by atoms with Gasteiger partial charge < -0.3 is 10.2 Å². The van der Waals surface area contributed by atoms with E-state index in [0.29, 0.717) is 28.6 Å². The van der Waals surface area contributed by atoms with Crippen molar-refractivity contribution in [1.82, 2.24) is 19.4 Å². The molecule has 174 valence electrons. The maximum atomic E-state index is 13.0. The van der Waals surface area contributed by atoms with E-state index in [2.05, 4.69) is 17.1 Å². The van der Waals surface area contributed by atoms with Crippen LogP contribution in [-0.4, -0.2) is 45.6 Å². The molecule has 1 N–H and O–H groups in total. The van der Waals surface area contributed by atoms with Crippen molar-refractivity contribution in [3.05, 3.63) is 79.8 Å². The fourth-order valence-electron chi connectivity index (χ4n) is 4.44. The lowest BCUT2D eigenvalue weighted by molar-refractivity contribution is -0.121. The summed E-state index contributed by atoms with van der Waals surface area (Å²) in [5.74, 6) is -0.272. The van der Waals surface area contributed by atoms with Crippen molar-refractivity contribution >= 4 is 28.5 Å². The molecule has 3 aromatic rings. The number of halogens is 1. The quantitative estimate of drug-likeness (QED) is 0.516. The number of rotatable bonds is 8. The third-order valence-corrected chi connectivity index (χ3v) is 6.59. The number of carbonyl (C=O) groups is 1. The second-order valence-corrected chi connectivity index (χ2v) is 9.06. The van der Waals surface area contributed by atoms with E-state index < -0.39 is 11.1 Å². The maximum absolute atomic E-state index is 13.0. The smallest absolute Gasteiger partial charge is 0.317 e. The Bertz CT molecular complexity index is 1240. The second-order valence-electron chi connectivity index (χ2n) is 8.63. The largest absolute Gasteiger partial charge is 0.354 e. The van der Waals surface area contributed by atoms with Crippen LogP contribution >= 0.6 is 11.6 Å². The van der Waals surface area contributed by atoms with Gasteiger partial charge in [0.15, 0.2) is 0 Å². The Hall–Kier alpha value is -2.90. The number of hydrogen-bond acceptors (Lipinski definition) is 4. The monoisotopic (exact) mass is 468 g/mol. The first-order chi connectivity index (χ1) is 15.9. The SMILES string of the molecule is C[C@@H](CCNC(=O)Cn1c(=O)c(=O)n(Cc2ccc(Cl)cc2)c2ccccc21)N1CCCC1. The summed E-state index contributed by atoms with van der Waals surface area (Å²) in [7, 11) is 0. The molecule has 7 nitrogen and oxygen atoms in total. The third-order valence-electron chi connectivity index (χ3n) is 6.34. The van der Waals surface area contributed by atoms with Gasteiger partial charge in [-0.25, -0.2) is 0 Å². The minimum Gasteiger partial charge on any atom is -0.354 e. The summed E-state index contributed by atoms with van der Waals surface area (Å²) in [5.41, 5.74) is 0.653. The highest BCUT2D eigenvalue weighted by Gasteiger charge is 2.19. The van der Waals surface area contributed by atoms with E-state index >= 15 is 0 Å². The number of benzene rings is 2. The first kappa shape index (κ1) is 23.3. The molecule has 1 aromatic heterocycles. The van der Waals surface area contributed by atoms with Gasteiger partial charge in [-0.05, 0) is 69.1 Å². The predicted octanol–water partition coefficient (Wildman–Crippen LogP) is 2.86. The molecule has 1 saturated heterocycles. The second kappa shape index (κ2) is 10.4. The Morgan fingerprint density at radius 3 is 2.24 bits per heavy atom. The maximum Gasteiger partial charge on any atom is 0.317 e. The zero-order valence-electron chi connectivity index (χ0n) is 18.8. The Kier molecular flexibility index (Phi) is 7.30. The number of nitrogens with zero attached hydrogens (tertiary/aromatic N) is 3. The van der Waals surface area contributed by atoms with Crippen LogP contribution in [0.5, 0.6) is 0 Å². The van der Waals surface area contributed by atoms with E-state index in [1.54, 1.807) is 30.3 Å². The van der Waals surface area contributed by atoms with Gasteiger partial charge in [0.1, 0.15) is 6.54 Å². The highest BCUT2D eigenvalue weighted by Crippen LogP contribution is 2.15. The number of carbonyl (C=O) groups excluding carboxylic acids is 1. The predicted molar refractivity (Wildman–Crippen MR) is 131 cm³/mol. The van der Waals surface area contributed by atoms with Gasteiger partial charge in [-0.3, -0.25) is 23.5 Å². The first-order valence-corrected chi connectivity index (χ1v) is 11.8. The van der Waals surface area contributed by atoms with Gasteiger partial charge in [0.25, 0.3) is 0 Å². The number of aromatic nitrogens is 2. The minimum absolute atomic E-state index is 0.186. The molecular weight excluding hydrogens is 440 g/mol. The van der Waals surface area contributed by atoms with E-state index in [4.69, 9.17) is 11.6 Å². The molecule has 33 heavy (non-hydrogen) atoms. The number of fused-ring (bicyclic) bond motifs is 1. The molecule has 4 rings (SSSR count). The molecule has 0 saturated carbocycles. The van der Waals surface area contributed by atoms with Gasteiger partial charge in [0, 0.05) is 17.6 Å². The van der Waals surface area contributed by atoms with Crippen LogP contribution in [0.3, 0.4) is 0 Å². The van der Waals surface area contributed by atoms with E-state index in [-0.39, 0.29) is 19.0 Å². The number of hydrogen-bond donors (Lipinski definition) is 1. The molecule has 1 fully saturated rings. The van der Waals surface area contributed by atoms with Gasteiger partial charge in [-0.15, -0.1) is 0 Å². The molecule has 1 aliphatic heterocycles.